The van der Waals surface area contributed by atoms with Gasteiger partial charge in [-0.3, -0.25) is 9.69 Å². The van der Waals surface area contributed by atoms with Crippen LogP contribution in [0.5, 0.6) is 5.88 Å². The number of rotatable bonds is 4. The Morgan fingerprint density at radius 2 is 1.94 bits per heavy atom. The van der Waals surface area contributed by atoms with E-state index in [9.17, 15) is 4.79 Å². The Hall–Kier alpha value is -4.31. The predicted molar refractivity (Wildman–Crippen MR) is 130 cm³/mol. The van der Waals surface area contributed by atoms with Crippen molar-refractivity contribution in [2.45, 2.75) is 13.0 Å². The Labute approximate surface area is 204 Å². The fraction of sp³-hybridized carbons (Fsp3) is 0.167. The van der Waals surface area contributed by atoms with Gasteiger partial charge in [0.05, 0.1) is 18.4 Å². The third-order valence-electron chi connectivity index (χ3n) is 6.07. The lowest BCUT2D eigenvalue weighted by Crippen LogP contribution is -2.30. The second-order valence-electron chi connectivity index (χ2n) is 8.22. The van der Waals surface area contributed by atoms with Crippen LogP contribution < -0.4 is 9.64 Å². The van der Waals surface area contributed by atoms with Gasteiger partial charge in [0.1, 0.15) is 23.2 Å². The van der Waals surface area contributed by atoms with Crippen LogP contribution in [0.1, 0.15) is 33.4 Å². The molecule has 5 heterocycles. The summed E-state index contributed by atoms with van der Waals surface area (Å²) in [5, 5.41) is 8.85. The molecule has 0 saturated carbocycles. The molecule has 0 radical (unpaired) electrons. The van der Waals surface area contributed by atoms with Crippen LogP contribution in [0.25, 0.3) is 22.6 Å². The number of aryl methyl sites for hydroxylation is 2. The zero-order valence-corrected chi connectivity index (χ0v) is 19.8. The van der Waals surface area contributed by atoms with Gasteiger partial charge < -0.3 is 9.72 Å². The standard InChI is InChI=1S/C24H19ClN8O2/c1-12-11-16(27-22-17(12)30-31-32(22)2)33-20(13-6-8-14(25)9-7-13)18-19(24(33)34)29-21(28-18)15-5-4-10-26-23(15)35-3/h4-11,20H,1-3H3,(H,28,29)/t20-/m1/s1. The summed E-state index contributed by atoms with van der Waals surface area (Å²) in [7, 11) is 3.31. The van der Waals surface area contributed by atoms with E-state index in [4.69, 9.17) is 21.3 Å². The highest BCUT2D eigenvalue weighted by molar-refractivity contribution is 6.30. The third-order valence-corrected chi connectivity index (χ3v) is 6.33. The van der Waals surface area contributed by atoms with E-state index < -0.39 is 6.04 Å². The molecule has 1 aromatic carbocycles. The summed E-state index contributed by atoms with van der Waals surface area (Å²) in [5.74, 6) is 1.13. The Morgan fingerprint density at radius 3 is 2.71 bits per heavy atom. The van der Waals surface area contributed by atoms with E-state index in [0.29, 0.717) is 50.7 Å². The second kappa shape index (κ2) is 7.88. The maximum absolute atomic E-state index is 13.8. The minimum absolute atomic E-state index is 0.272. The van der Waals surface area contributed by atoms with E-state index in [1.165, 1.54) is 0 Å². The topological polar surface area (TPSA) is 115 Å². The van der Waals surface area contributed by atoms with Crippen molar-refractivity contribution in [2.24, 2.45) is 7.05 Å². The van der Waals surface area contributed by atoms with Crippen LogP contribution in [0.2, 0.25) is 5.02 Å². The summed E-state index contributed by atoms with van der Waals surface area (Å²) in [5.41, 5.74) is 4.63. The van der Waals surface area contributed by atoms with Gasteiger partial charge >= 0.3 is 0 Å². The Bertz CT molecular complexity index is 1610. The molecule has 0 aliphatic carbocycles. The maximum Gasteiger partial charge on any atom is 0.280 e. The molecule has 6 rings (SSSR count). The normalized spacial score (nSPS) is 15.1. The van der Waals surface area contributed by atoms with Gasteiger partial charge in [-0.05, 0) is 48.4 Å². The smallest absolute Gasteiger partial charge is 0.280 e. The first-order valence-electron chi connectivity index (χ1n) is 10.8. The molecule has 0 saturated heterocycles. The van der Waals surface area contributed by atoms with E-state index >= 15 is 0 Å². The van der Waals surface area contributed by atoms with Crippen LogP contribution in [-0.4, -0.2) is 47.9 Å². The molecule has 10 nitrogen and oxygen atoms in total. The van der Waals surface area contributed by atoms with Crippen molar-refractivity contribution in [3.63, 3.8) is 0 Å². The Morgan fingerprint density at radius 1 is 1.14 bits per heavy atom. The average Bonchev–Trinajstić information content (AvgIpc) is 3.53. The number of hydrogen-bond donors (Lipinski definition) is 1. The zero-order chi connectivity index (χ0) is 24.3. The first-order chi connectivity index (χ1) is 17.0. The number of fused-ring (bicyclic) bond motifs is 2. The molecule has 1 N–H and O–H groups in total. The first-order valence-corrected chi connectivity index (χ1v) is 11.2. The van der Waals surface area contributed by atoms with Crippen LogP contribution in [0.4, 0.5) is 5.82 Å². The van der Waals surface area contributed by atoms with E-state index in [0.717, 1.165) is 11.1 Å². The highest BCUT2D eigenvalue weighted by Crippen LogP contribution is 2.42. The Kier molecular flexibility index (Phi) is 4.78. The number of anilines is 1. The number of hydrogen-bond acceptors (Lipinski definition) is 7. The SMILES string of the molecule is COc1ncccc1-c1nc2c([nH]1)[C@@H](c1ccc(Cl)cc1)N(c1cc(C)c3nnn(C)c3n1)C2=O. The molecule has 1 aliphatic rings. The average molecular weight is 487 g/mol. The summed E-state index contributed by atoms with van der Waals surface area (Å²) in [4.78, 5) is 32.5. The number of H-pyrrole nitrogens is 1. The van der Waals surface area contributed by atoms with Gasteiger partial charge in [0, 0.05) is 18.3 Å². The number of ether oxygens (including phenoxy) is 1. The number of nitrogens with one attached hydrogen (secondary N) is 1. The van der Waals surface area contributed by atoms with Crippen LogP contribution >= 0.6 is 11.6 Å². The number of carbonyl (C=O) groups excluding carboxylic acids is 1. The van der Waals surface area contributed by atoms with Crippen LogP contribution in [0.15, 0.2) is 48.7 Å². The molecule has 35 heavy (non-hydrogen) atoms. The number of pyridine rings is 2. The van der Waals surface area contributed by atoms with Crippen molar-refractivity contribution in [1.29, 1.82) is 0 Å². The predicted octanol–water partition coefficient (Wildman–Crippen LogP) is 3.87. The van der Waals surface area contributed by atoms with Gasteiger partial charge in [-0.25, -0.2) is 19.6 Å². The van der Waals surface area contributed by atoms with Crippen LogP contribution in [0, 0.1) is 6.92 Å². The fourth-order valence-electron chi connectivity index (χ4n) is 4.43. The lowest BCUT2D eigenvalue weighted by Gasteiger charge is -2.25. The molecule has 11 heteroatoms. The fourth-order valence-corrected chi connectivity index (χ4v) is 4.55. The number of carbonyl (C=O) groups is 1. The number of imidazole rings is 1. The molecule has 1 aliphatic heterocycles. The lowest BCUT2D eigenvalue weighted by molar-refractivity contribution is 0.0989. The molecule has 1 amide bonds. The van der Waals surface area contributed by atoms with Crippen molar-refractivity contribution in [2.75, 3.05) is 12.0 Å². The minimum Gasteiger partial charge on any atom is -0.480 e. The molecule has 5 aromatic rings. The number of amides is 1. The molecule has 0 unspecified atom stereocenters. The van der Waals surface area contributed by atoms with E-state index in [-0.39, 0.29) is 5.91 Å². The van der Waals surface area contributed by atoms with Crippen molar-refractivity contribution in [3.05, 3.63) is 76.2 Å². The highest BCUT2D eigenvalue weighted by atomic mass is 35.5. The van der Waals surface area contributed by atoms with Gasteiger partial charge in [-0.2, -0.15) is 0 Å². The van der Waals surface area contributed by atoms with Crippen LogP contribution in [0.3, 0.4) is 0 Å². The summed E-state index contributed by atoms with van der Waals surface area (Å²) < 4.78 is 6.99. The number of aromatic nitrogens is 7. The monoisotopic (exact) mass is 486 g/mol. The van der Waals surface area contributed by atoms with E-state index in [1.807, 2.05) is 31.2 Å². The Balaban J connectivity index is 1.54. The van der Waals surface area contributed by atoms with Gasteiger partial charge in [0.25, 0.3) is 5.91 Å². The number of aromatic amines is 1. The molecule has 1 atom stereocenters. The van der Waals surface area contributed by atoms with Crippen LogP contribution in [-0.2, 0) is 7.05 Å². The zero-order valence-electron chi connectivity index (χ0n) is 19.0. The maximum atomic E-state index is 13.8. The molecule has 0 bridgehead atoms. The van der Waals surface area contributed by atoms with Gasteiger partial charge in [0.15, 0.2) is 11.3 Å². The number of methoxy groups -OCH3 is 1. The number of benzene rings is 1. The van der Waals surface area contributed by atoms with Crippen molar-refractivity contribution < 1.29 is 9.53 Å². The highest BCUT2D eigenvalue weighted by Gasteiger charge is 2.43. The molecule has 0 fully saturated rings. The number of nitrogens with zero attached hydrogens (tertiary/aromatic N) is 7. The third kappa shape index (κ3) is 3.25. The van der Waals surface area contributed by atoms with Gasteiger partial charge in [-0.15, -0.1) is 5.10 Å². The van der Waals surface area contributed by atoms with Gasteiger partial charge in [-0.1, -0.05) is 28.9 Å². The van der Waals surface area contributed by atoms with E-state index in [1.54, 1.807) is 48.1 Å². The molecule has 0 spiro atoms. The first kappa shape index (κ1) is 21.2. The molecular weight excluding hydrogens is 468 g/mol. The summed E-state index contributed by atoms with van der Waals surface area (Å²) >= 11 is 6.16. The lowest BCUT2D eigenvalue weighted by atomic mass is 10.0. The quantitative estimate of drug-likeness (QED) is 0.410. The second-order valence-corrected chi connectivity index (χ2v) is 8.66. The summed E-state index contributed by atoms with van der Waals surface area (Å²) in [6, 6.07) is 12.4. The minimum atomic E-state index is -0.496. The largest absolute Gasteiger partial charge is 0.480 e. The molecular formula is C24H19ClN8O2. The molecule has 4 aromatic heterocycles. The van der Waals surface area contributed by atoms with Crippen molar-refractivity contribution >= 4 is 34.5 Å². The molecule has 174 valence electrons. The number of halogens is 1. The van der Waals surface area contributed by atoms with Crippen molar-refractivity contribution in [1.82, 2.24) is 34.9 Å². The van der Waals surface area contributed by atoms with Gasteiger partial charge in [0.2, 0.25) is 5.88 Å². The summed E-state index contributed by atoms with van der Waals surface area (Å²) in [6.45, 7) is 1.92. The van der Waals surface area contributed by atoms with E-state index in [2.05, 4.69) is 25.3 Å². The summed E-state index contributed by atoms with van der Waals surface area (Å²) in [6.07, 6.45) is 1.64. The van der Waals surface area contributed by atoms with Crippen molar-refractivity contribution in [3.8, 4) is 17.3 Å².